The number of aromatic nitrogens is 2. The Balaban J connectivity index is 2.02. The molecule has 0 saturated heterocycles. The summed E-state index contributed by atoms with van der Waals surface area (Å²) in [6.07, 6.45) is 2.95. The van der Waals surface area contributed by atoms with E-state index in [1.165, 1.54) is 12.4 Å². The van der Waals surface area contributed by atoms with Crippen LogP contribution in [0.2, 0.25) is 0 Å². The minimum absolute atomic E-state index is 0.0163. The second kappa shape index (κ2) is 7.39. The van der Waals surface area contributed by atoms with Crippen molar-refractivity contribution in [2.24, 2.45) is 4.99 Å². The van der Waals surface area contributed by atoms with Gasteiger partial charge in [-0.05, 0) is 0 Å². The van der Waals surface area contributed by atoms with E-state index in [0.29, 0.717) is 5.69 Å². The van der Waals surface area contributed by atoms with Crippen LogP contribution in [0.25, 0.3) is 0 Å². The third kappa shape index (κ3) is 3.59. The summed E-state index contributed by atoms with van der Waals surface area (Å²) < 4.78 is 0. The van der Waals surface area contributed by atoms with E-state index in [1.807, 2.05) is 60.7 Å². The van der Waals surface area contributed by atoms with E-state index in [9.17, 15) is 4.79 Å². The van der Waals surface area contributed by atoms with Crippen LogP contribution in [0.3, 0.4) is 0 Å². The normalized spacial score (nSPS) is 10.2. The molecular weight excluding hydrogens is 302 g/mol. The van der Waals surface area contributed by atoms with Gasteiger partial charge in [0.2, 0.25) is 5.78 Å². The van der Waals surface area contributed by atoms with Gasteiger partial charge in [-0.25, -0.2) is 15.0 Å². The maximum Gasteiger partial charge on any atom is 0.225 e. The average molecular weight is 317 g/mol. The van der Waals surface area contributed by atoms with Gasteiger partial charge in [0, 0.05) is 11.1 Å². The van der Waals surface area contributed by atoms with E-state index >= 15 is 0 Å². The van der Waals surface area contributed by atoms with E-state index in [1.54, 1.807) is 0 Å². The number of aliphatic hydroxyl groups is 1. The lowest BCUT2D eigenvalue weighted by Gasteiger charge is -2.07. The Morgan fingerprint density at radius 1 is 0.875 bits per heavy atom. The van der Waals surface area contributed by atoms with Crippen LogP contribution in [-0.4, -0.2) is 33.2 Å². The number of benzene rings is 2. The molecule has 0 radical (unpaired) electrons. The maximum absolute atomic E-state index is 11.4. The van der Waals surface area contributed by atoms with E-state index in [2.05, 4.69) is 15.0 Å². The van der Waals surface area contributed by atoms with Gasteiger partial charge >= 0.3 is 0 Å². The summed E-state index contributed by atoms with van der Waals surface area (Å²) >= 11 is 0. The van der Waals surface area contributed by atoms with Crippen LogP contribution in [0.5, 0.6) is 0 Å². The number of carbonyl (C=O) groups excluding carboxylic acids is 1. The molecule has 0 spiro atoms. The van der Waals surface area contributed by atoms with E-state index in [-0.39, 0.29) is 5.82 Å². The topological polar surface area (TPSA) is 75.4 Å². The molecule has 5 nitrogen and oxygen atoms in total. The number of nitrogens with zero attached hydrogens (tertiary/aromatic N) is 3. The first-order valence-electron chi connectivity index (χ1n) is 7.43. The van der Waals surface area contributed by atoms with Crippen molar-refractivity contribution in [1.29, 1.82) is 0 Å². The van der Waals surface area contributed by atoms with Crippen molar-refractivity contribution in [2.45, 2.75) is 0 Å². The van der Waals surface area contributed by atoms with Gasteiger partial charge in [-0.1, -0.05) is 60.7 Å². The minimum atomic E-state index is -0.609. The highest BCUT2D eigenvalue weighted by Crippen LogP contribution is 2.17. The molecule has 0 unspecified atom stereocenters. The molecular formula is C19H15N3O2. The zero-order valence-corrected chi connectivity index (χ0v) is 12.8. The summed E-state index contributed by atoms with van der Waals surface area (Å²) in [5.74, 6) is -0.533. The smallest absolute Gasteiger partial charge is 0.225 e. The van der Waals surface area contributed by atoms with Crippen molar-refractivity contribution in [3.05, 3.63) is 90.0 Å². The fourth-order valence-corrected chi connectivity index (χ4v) is 2.21. The van der Waals surface area contributed by atoms with E-state index in [4.69, 9.17) is 5.11 Å². The first-order valence-corrected chi connectivity index (χ1v) is 7.43. The lowest BCUT2D eigenvalue weighted by atomic mass is 10.0. The van der Waals surface area contributed by atoms with Gasteiger partial charge in [0.05, 0.1) is 18.1 Å². The number of aliphatic hydroxyl groups excluding tert-OH is 1. The quantitative estimate of drug-likeness (QED) is 0.580. The summed E-state index contributed by atoms with van der Waals surface area (Å²) in [4.78, 5) is 23.9. The Morgan fingerprint density at radius 3 is 1.83 bits per heavy atom. The number of Topliss-reactive ketones (excluding diaryl/α,β-unsaturated/α-hetero) is 1. The largest absolute Gasteiger partial charge is 0.388 e. The van der Waals surface area contributed by atoms with E-state index < -0.39 is 12.4 Å². The molecule has 3 aromatic rings. The number of ketones is 1. The number of hydrogen-bond donors (Lipinski definition) is 1. The van der Waals surface area contributed by atoms with Crippen LogP contribution in [0.1, 0.15) is 21.7 Å². The van der Waals surface area contributed by atoms with Crippen molar-refractivity contribution >= 4 is 17.2 Å². The Morgan fingerprint density at radius 2 is 1.38 bits per heavy atom. The van der Waals surface area contributed by atoms with Crippen molar-refractivity contribution in [2.75, 3.05) is 6.61 Å². The van der Waals surface area contributed by atoms with Crippen LogP contribution in [-0.2, 0) is 0 Å². The first-order chi connectivity index (χ1) is 11.8. The van der Waals surface area contributed by atoms with E-state index in [0.717, 1.165) is 16.8 Å². The second-order valence-electron chi connectivity index (χ2n) is 5.04. The molecule has 0 aliphatic rings. The standard InChI is InChI=1S/C19H15N3O2/c23-13-17(24)19-20-11-16(12-21-19)22-18(14-7-3-1-4-8-14)15-9-5-2-6-10-15/h1-12,23H,13H2. The number of hydrogen-bond acceptors (Lipinski definition) is 5. The number of aliphatic imine (C=N–C) groups is 1. The highest BCUT2D eigenvalue weighted by atomic mass is 16.3. The van der Waals surface area contributed by atoms with Crippen molar-refractivity contribution in [1.82, 2.24) is 9.97 Å². The molecule has 24 heavy (non-hydrogen) atoms. The van der Waals surface area contributed by atoms with Crippen molar-refractivity contribution in [3.63, 3.8) is 0 Å². The lowest BCUT2D eigenvalue weighted by Crippen LogP contribution is -2.09. The van der Waals surface area contributed by atoms with Gasteiger partial charge in [0.15, 0.2) is 5.82 Å². The number of carbonyl (C=O) groups is 1. The van der Waals surface area contributed by atoms with Gasteiger partial charge in [-0.15, -0.1) is 0 Å². The molecule has 3 rings (SSSR count). The Labute approximate surface area is 139 Å². The molecule has 1 aromatic heterocycles. The zero-order valence-electron chi connectivity index (χ0n) is 12.8. The molecule has 0 fully saturated rings. The van der Waals surface area contributed by atoms with Crippen LogP contribution in [0, 0.1) is 0 Å². The van der Waals surface area contributed by atoms with Crippen molar-refractivity contribution in [3.8, 4) is 0 Å². The third-order valence-electron chi connectivity index (χ3n) is 3.37. The predicted octanol–water partition coefficient (Wildman–Crippen LogP) is 2.82. The first kappa shape index (κ1) is 15.7. The molecule has 0 aliphatic heterocycles. The summed E-state index contributed by atoms with van der Waals surface area (Å²) in [5, 5.41) is 8.84. The molecule has 1 N–H and O–H groups in total. The van der Waals surface area contributed by atoms with Gasteiger partial charge in [-0.3, -0.25) is 4.79 Å². The molecule has 0 amide bonds. The second-order valence-corrected chi connectivity index (χ2v) is 5.04. The van der Waals surface area contributed by atoms with Gasteiger partial charge in [0.25, 0.3) is 0 Å². The summed E-state index contributed by atoms with van der Waals surface area (Å²) in [5.41, 5.74) is 3.27. The van der Waals surface area contributed by atoms with Crippen LogP contribution < -0.4 is 0 Å². The lowest BCUT2D eigenvalue weighted by molar-refractivity contribution is 0.0893. The molecule has 118 valence electrons. The number of rotatable bonds is 5. The summed E-state index contributed by atoms with van der Waals surface area (Å²) in [7, 11) is 0. The molecule has 0 saturated carbocycles. The van der Waals surface area contributed by atoms with Crippen LogP contribution in [0.4, 0.5) is 5.69 Å². The Hall–Kier alpha value is -3.18. The molecule has 1 heterocycles. The summed E-state index contributed by atoms with van der Waals surface area (Å²) in [6.45, 7) is -0.609. The fraction of sp³-hybridized carbons (Fsp3) is 0.0526. The predicted molar refractivity (Wildman–Crippen MR) is 91.6 cm³/mol. The molecule has 0 aliphatic carbocycles. The van der Waals surface area contributed by atoms with Crippen LogP contribution >= 0.6 is 0 Å². The zero-order chi connectivity index (χ0) is 16.8. The average Bonchev–Trinajstić information content (AvgIpc) is 2.67. The van der Waals surface area contributed by atoms with Gasteiger partial charge < -0.3 is 5.11 Å². The Kier molecular flexibility index (Phi) is 4.84. The highest BCUT2D eigenvalue weighted by Gasteiger charge is 2.09. The highest BCUT2D eigenvalue weighted by molar-refractivity contribution is 6.13. The molecule has 2 aromatic carbocycles. The van der Waals surface area contributed by atoms with Crippen molar-refractivity contribution < 1.29 is 9.90 Å². The maximum atomic E-state index is 11.4. The molecule has 0 atom stereocenters. The fourth-order valence-electron chi connectivity index (χ4n) is 2.21. The third-order valence-corrected chi connectivity index (χ3v) is 3.37. The Bertz CT molecular complexity index is 803. The van der Waals surface area contributed by atoms with Gasteiger partial charge in [-0.2, -0.15) is 0 Å². The summed E-state index contributed by atoms with van der Waals surface area (Å²) in [6, 6.07) is 19.6. The molecule has 5 heteroatoms. The van der Waals surface area contributed by atoms with Crippen LogP contribution in [0.15, 0.2) is 78.0 Å². The minimum Gasteiger partial charge on any atom is -0.388 e. The monoisotopic (exact) mass is 317 g/mol. The molecule has 0 bridgehead atoms. The van der Waals surface area contributed by atoms with Gasteiger partial charge in [0.1, 0.15) is 12.3 Å². The SMILES string of the molecule is O=C(CO)c1ncc(N=C(c2ccccc2)c2ccccc2)cn1.